The molecule has 1 aliphatic heterocycles. The SMILES string of the molecule is CC1CC(=O)N(CCC(C)(C)CCC(=O)O)C1=O. The molecule has 1 atom stereocenters. The van der Waals surface area contributed by atoms with Crippen LogP contribution in [-0.2, 0) is 14.4 Å². The Labute approximate surface area is 107 Å². The molecule has 0 aromatic heterocycles. The summed E-state index contributed by atoms with van der Waals surface area (Å²) in [5, 5.41) is 8.66. The summed E-state index contributed by atoms with van der Waals surface area (Å²) in [6.45, 7) is 6.08. The molecule has 1 N–H and O–H groups in total. The number of carbonyl (C=O) groups is 3. The Morgan fingerprint density at radius 3 is 2.44 bits per heavy atom. The lowest BCUT2D eigenvalue weighted by atomic mass is 9.84. The third kappa shape index (κ3) is 3.82. The molecule has 0 aliphatic carbocycles. The maximum absolute atomic E-state index is 11.7. The maximum atomic E-state index is 11.7. The van der Waals surface area contributed by atoms with Gasteiger partial charge in [-0.15, -0.1) is 0 Å². The first-order chi connectivity index (χ1) is 8.23. The Morgan fingerprint density at radius 1 is 1.39 bits per heavy atom. The molecule has 0 bridgehead atoms. The number of amides is 2. The fourth-order valence-corrected chi connectivity index (χ4v) is 2.07. The fourth-order valence-electron chi connectivity index (χ4n) is 2.07. The zero-order valence-corrected chi connectivity index (χ0v) is 11.2. The van der Waals surface area contributed by atoms with Gasteiger partial charge in [0.2, 0.25) is 11.8 Å². The average Bonchev–Trinajstić information content (AvgIpc) is 2.49. The summed E-state index contributed by atoms with van der Waals surface area (Å²) in [7, 11) is 0. The van der Waals surface area contributed by atoms with E-state index in [0.717, 1.165) is 0 Å². The van der Waals surface area contributed by atoms with Crippen LogP contribution in [0.1, 0.15) is 46.5 Å². The number of carboxylic acid groups (broad SMARTS) is 1. The molecule has 0 saturated carbocycles. The van der Waals surface area contributed by atoms with E-state index in [0.29, 0.717) is 25.8 Å². The fraction of sp³-hybridized carbons (Fsp3) is 0.769. The molecule has 2 amide bonds. The van der Waals surface area contributed by atoms with Crippen molar-refractivity contribution in [2.75, 3.05) is 6.54 Å². The molecule has 102 valence electrons. The van der Waals surface area contributed by atoms with E-state index in [9.17, 15) is 14.4 Å². The molecule has 0 aromatic rings. The lowest BCUT2D eigenvalue weighted by molar-refractivity contribution is -0.140. The molecule has 1 heterocycles. The molecule has 0 spiro atoms. The molecule has 1 unspecified atom stereocenters. The van der Waals surface area contributed by atoms with Crippen molar-refractivity contribution >= 4 is 17.8 Å². The number of imide groups is 1. The van der Waals surface area contributed by atoms with Crippen LogP contribution in [0, 0.1) is 11.3 Å². The van der Waals surface area contributed by atoms with Gasteiger partial charge in [0.25, 0.3) is 0 Å². The van der Waals surface area contributed by atoms with Gasteiger partial charge >= 0.3 is 5.97 Å². The van der Waals surface area contributed by atoms with Crippen LogP contribution < -0.4 is 0 Å². The molecule has 18 heavy (non-hydrogen) atoms. The summed E-state index contributed by atoms with van der Waals surface area (Å²) in [6, 6.07) is 0. The van der Waals surface area contributed by atoms with Crippen molar-refractivity contribution in [3.05, 3.63) is 0 Å². The monoisotopic (exact) mass is 255 g/mol. The second kappa shape index (κ2) is 5.50. The van der Waals surface area contributed by atoms with E-state index in [1.54, 1.807) is 6.92 Å². The highest BCUT2D eigenvalue weighted by molar-refractivity contribution is 6.03. The summed E-state index contributed by atoms with van der Waals surface area (Å²) in [4.78, 5) is 35.1. The van der Waals surface area contributed by atoms with E-state index < -0.39 is 5.97 Å². The lowest BCUT2D eigenvalue weighted by Gasteiger charge is -2.26. The second-order valence-electron chi connectivity index (χ2n) is 5.80. The van der Waals surface area contributed by atoms with Gasteiger partial charge in [-0.2, -0.15) is 0 Å². The number of hydrogen-bond donors (Lipinski definition) is 1. The van der Waals surface area contributed by atoms with E-state index in [1.807, 2.05) is 13.8 Å². The summed E-state index contributed by atoms with van der Waals surface area (Å²) >= 11 is 0. The highest BCUT2D eigenvalue weighted by Gasteiger charge is 2.36. The normalized spacial score (nSPS) is 20.6. The summed E-state index contributed by atoms with van der Waals surface area (Å²) < 4.78 is 0. The van der Waals surface area contributed by atoms with E-state index in [4.69, 9.17) is 5.11 Å². The van der Waals surface area contributed by atoms with Crippen LogP contribution in [-0.4, -0.2) is 34.3 Å². The molecule has 1 fully saturated rings. The zero-order chi connectivity index (χ0) is 13.9. The van der Waals surface area contributed by atoms with Crippen LogP contribution in [0.4, 0.5) is 0 Å². The van der Waals surface area contributed by atoms with E-state index in [1.165, 1.54) is 4.90 Å². The van der Waals surface area contributed by atoms with Gasteiger partial charge in [0.1, 0.15) is 0 Å². The Kier molecular flexibility index (Phi) is 4.48. The minimum atomic E-state index is -0.815. The van der Waals surface area contributed by atoms with Crippen molar-refractivity contribution in [3.63, 3.8) is 0 Å². The number of hydrogen-bond acceptors (Lipinski definition) is 3. The lowest BCUT2D eigenvalue weighted by Crippen LogP contribution is -2.33. The van der Waals surface area contributed by atoms with Gasteiger partial charge in [0.15, 0.2) is 0 Å². The van der Waals surface area contributed by atoms with Gasteiger partial charge in [-0.3, -0.25) is 19.3 Å². The van der Waals surface area contributed by atoms with Crippen molar-refractivity contribution in [3.8, 4) is 0 Å². The number of aliphatic carboxylic acids is 1. The smallest absolute Gasteiger partial charge is 0.303 e. The number of carbonyl (C=O) groups excluding carboxylic acids is 2. The molecule has 0 aromatic carbocycles. The van der Waals surface area contributed by atoms with Gasteiger partial charge < -0.3 is 5.11 Å². The average molecular weight is 255 g/mol. The van der Waals surface area contributed by atoms with Gasteiger partial charge in [-0.1, -0.05) is 20.8 Å². The predicted octanol–water partition coefficient (Wildman–Crippen LogP) is 1.66. The largest absolute Gasteiger partial charge is 0.481 e. The summed E-state index contributed by atoms with van der Waals surface area (Å²) in [5.41, 5.74) is -0.176. The van der Waals surface area contributed by atoms with Crippen LogP contribution in [0.3, 0.4) is 0 Å². The van der Waals surface area contributed by atoms with Crippen molar-refractivity contribution in [2.45, 2.75) is 46.5 Å². The zero-order valence-electron chi connectivity index (χ0n) is 11.2. The van der Waals surface area contributed by atoms with Crippen LogP contribution in [0.15, 0.2) is 0 Å². The van der Waals surface area contributed by atoms with Crippen molar-refractivity contribution < 1.29 is 19.5 Å². The number of nitrogens with zero attached hydrogens (tertiary/aromatic N) is 1. The van der Waals surface area contributed by atoms with Gasteiger partial charge in [0.05, 0.1) is 0 Å². The van der Waals surface area contributed by atoms with Crippen molar-refractivity contribution in [1.29, 1.82) is 0 Å². The Hall–Kier alpha value is -1.39. The standard InChI is InChI=1S/C13H21NO4/c1-9-8-10(15)14(12(9)18)7-6-13(2,3)5-4-11(16)17/h9H,4-8H2,1-3H3,(H,16,17). The molecule has 5 nitrogen and oxygen atoms in total. The minimum Gasteiger partial charge on any atom is -0.481 e. The molecule has 5 heteroatoms. The Bertz CT molecular complexity index is 362. The van der Waals surface area contributed by atoms with Gasteiger partial charge in [-0.05, 0) is 18.3 Å². The van der Waals surface area contributed by atoms with E-state index in [2.05, 4.69) is 0 Å². The second-order valence-corrected chi connectivity index (χ2v) is 5.80. The first-order valence-electron chi connectivity index (χ1n) is 6.29. The summed E-state index contributed by atoms with van der Waals surface area (Å²) in [5.74, 6) is -1.24. The number of likely N-dealkylation sites (tertiary alicyclic amines) is 1. The highest BCUT2D eigenvalue weighted by atomic mass is 16.4. The first kappa shape index (κ1) is 14.7. The molecule has 1 saturated heterocycles. The molecule has 1 rings (SSSR count). The third-order valence-electron chi connectivity index (χ3n) is 3.50. The number of rotatable bonds is 6. The van der Waals surface area contributed by atoms with Crippen LogP contribution >= 0.6 is 0 Å². The van der Waals surface area contributed by atoms with Crippen molar-refractivity contribution in [2.24, 2.45) is 11.3 Å². The van der Waals surface area contributed by atoms with Gasteiger partial charge in [0, 0.05) is 25.3 Å². The predicted molar refractivity (Wildman–Crippen MR) is 65.8 cm³/mol. The van der Waals surface area contributed by atoms with Gasteiger partial charge in [-0.25, -0.2) is 0 Å². The minimum absolute atomic E-state index is 0.103. The van der Waals surface area contributed by atoms with Crippen LogP contribution in [0.25, 0.3) is 0 Å². The first-order valence-corrected chi connectivity index (χ1v) is 6.29. The molecule has 1 aliphatic rings. The molecular weight excluding hydrogens is 234 g/mol. The van der Waals surface area contributed by atoms with E-state index >= 15 is 0 Å². The van der Waals surface area contributed by atoms with Crippen LogP contribution in [0.2, 0.25) is 0 Å². The van der Waals surface area contributed by atoms with Crippen molar-refractivity contribution in [1.82, 2.24) is 4.90 Å². The highest BCUT2D eigenvalue weighted by Crippen LogP contribution is 2.28. The van der Waals surface area contributed by atoms with E-state index in [-0.39, 0.29) is 29.6 Å². The number of carboxylic acids is 1. The summed E-state index contributed by atoms with van der Waals surface area (Å²) in [6.07, 6.45) is 1.61. The Morgan fingerprint density at radius 2 is 2.00 bits per heavy atom. The maximum Gasteiger partial charge on any atom is 0.303 e. The Balaban J connectivity index is 2.46. The quantitative estimate of drug-likeness (QED) is 0.732. The topological polar surface area (TPSA) is 74.7 Å². The third-order valence-corrected chi connectivity index (χ3v) is 3.50. The van der Waals surface area contributed by atoms with Crippen LogP contribution in [0.5, 0.6) is 0 Å². The molecule has 0 radical (unpaired) electrons. The molecular formula is C13H21NO4.